The van der Waals surface area contributed by atoms with Gasteiger partial charge in [0.25, 0.3) is 0 Å². The Morgan fingerprint density at radius 2 is 2.05 bits per heavy atom. The summed E-state index contributed by atoms with van der Waals surface area (Å²) < 4.78 is 5.63. The third-order valence-electron chi connectivity index (χ3n) is 3.02. The Morgan fingerprint density at radius 1 is 1.24 bits per heavy atom. The molecule has 0 radical (unpaired) electrons. The fourth-order valence-electron chi connectivity index (χ4n) is 1.97. The maximum Gasteiger partial charge on any atom is 0.159 e. The fraction of sp³-hybridized carbons (Fsp3) is 0.235. The van der Waals surface area contributed by atoms with Crippen LogP contribution in [0.4, 0.5) is 5.69 Å². The molecule has 0 fully saturated rings. The zero-order chi connectivity index (χ0) is 15.2. The van der Waals surface area contributed by atoms with Crippen molar-refractivity contribution in [3.05, 3.63) is 53.6 Å². The molecule has 0 aromatic heterocycles. The number of nitrogen functional groups attached to an aromatic ring is 1. The summed E-state index contributed by atoms with van der Waals surface area (Å²) in [6.45, 7) is 4.13. The van der Waals surface area contributed by atoms with Crippen molar-refractivity contribution in [1.29, 1.82) is 0 Å². The summed E-state index contributed by atoms with van der Waals surface area (Å²) in [4.78, 5) is 12.6. The molecule has 2 rings (SSSR count). The Hall–Kier alpha value is -1.94. The molecular weight excluding hydrogens is 282 g/mol. The van der Waals surface area contributed by atoms with E-state index in [4.69, 9.17) is 10.5 Å². The van der Waals surface area contributed by atoms with Crippen molar-refractivity contribution in [1.82, 2.24) is 0 Å². The number of anilines is 1. The molecule has 110 valence electrons. The molecule has 0 saturated heterocycles. The van der Waals surface area contributed by atoms with Crippen LogP contribution in [0.15, 0.2) is 47.4 Å². The molecule has 0 aliphatic heterocycles. The van der Waals surface area contributed by atoms with E-state index in [1.165, 1.54) is 0 Å². The lowest BCUT2D eigenvalue weighted by atomic mass is 10.1. The van der Waals surface area contributed by atoms with Gasteiger partial charge >= 0.3 is 0 Å². The average Bonchev–Trinajstić information content (AvgIpc) is 2.46. The Balaban J connectivity index is 2.20. The molecule has 0 unspecified atom stereocenters. The highest BCUT2D eigenvalue weighted by molar-refractivity contribution is 7.98. The molecule has 2 aromatic carbocycles. The smallest absolute Gasteiger partial charge is 0.159 e. The van der Waals surface area contributed by atoms with Crippen LogP contribution in [-0.4, -0.2) is 12.4 Å². The molecule has 0 aliphatic carbocycles. The highest BCUT2D eigenvalue weighted by Gasteiger charge is 2.08. The first-order chi connectivity index (χ1) is 10.1. The Morgan fingerprint density at radius 3 is 2.71 bits per heavy atom. The number of nitrogens with two attached hydrogens (primary N) is 1. The molecule has 0 heterocycles. The van der Waals surface area contributed by atoms with Gasteiger partial charge in [-0.05, 0) is 50.2 Å². The van der Waals surface area contributed by atoms with E-state index >= 15 is 0 Å². The van der Waals surface area contributed by atoms with Gasteiger partial charge in [0.1, 0.15) is 5.75 Å². The zero-order valence-electron chi connectivity index (χ0n) is 12.3. The normalized spacial score (nSPS) is 10.4. The second-order valence-electron chi connectivity index (χ2n) is 4.67. The van der Waals surface area contributed by atoms with Gasteiger partial charge < -0.3 is 10.5 Å². The van der Waals surface area contributed by atoms with E-state index in [0.717, 1.165) is 27.6 Å². The van der Waals surface area contributed by atoms with Crippen molar-refractivity contribution in [3.8, 4) is 5.75 Å². The van der Waals surface area contributed by atoms with Gasteiger partial charge in [-0.2, -0.15) is 0 Å². The second kappa shape index (κ2) is 7.18. The van der Waals surface area contributed by atoms with E-state index in [2.05, 4.69) is 0 Å². The molecule has 3 nitrogen and oxygen atoms in total. The molecule has 0 atom stereocenters. The monoisotopic (exact) mass is 301 g/mol. The number of hydrogen-bond donors (Lipinski definition) is 1. The number of Topliss-reactive ketones (excluding diaryl/α,β-unsaturated/α-hetero) is 1. The number of ether oxygens (including phenoxy) is 1. The predicted octanol–water partition coefficient (Wildman–Crippen LogP) is 4.16. The van der Waals surface area contributed by atoms with E-state index < -0.39 is 0 Å². The van der Waals surface area contributed by atoms with Gasteiger partial charge in [-0.1, -0.05) is 6.07 Å². The van der Waals surface area contributed by atoms with Crippen LogP contribution in [-0.2, 0) is 5.75 Å². The third kappa shape index (κ3) is 4.26. The van der Waals surface area contributed by atoms with Crippen molar-refractivity contribution in [2.45, 2.75) is 24.5 Å². The van der Waals surface area contributed by atoms with E-state index in [1.807, 2.05) is 49.4 Å². The fourth-order valence-corrected chi connectivity index (χ4v) is 2.91. The molecule has 0 amide bonds. The topological polar surface area (TPSA) is 52.3 Å². The number of rotatable bonds is 6. The maximum atomic E-state index is 11.5. The van der Waals surface area contributed by atoms with Crippen LogP contribution < -0.4 is 10.5 Å². The second-order valence-corrected chi connectivity index (χ2v) is 5.72. The van der Waals surface area contributed by atoms with Gasteiger partial charge in [-0.3, -0.25) is 4.79 Å². The van der Waals surface area contributed by atoms with Crippen molar-refractivity contribution in [3.63, 3.8) is 0 Å². The van der Waals surface area contributed by atoms with Crippen LogP contribution in [0.3, 0.4) is 0 Å². The quantitative estimate of drug-likeness (QED) is 0.494. The van der Waals surface area contributed by atoms with Crippen LogP contribution in [0, 0.1) is 0 Å². The van der Waals surface area contributed by atoms with Crippen LogP contribution in [0.25, 0.3) is 0 Å². The van der Waals surface area contributed by atoms with E-state index in [-0.39, 0.29) is 5.78 Å². The number of carbonyl (C=O) groups is 1. The molecular formula is C17H19NO2S. The summed E-state index contributed by atoms with van der Waals surface area (Å²) >= 11 is 1.68. The largest absolute Gasteiger partial charge is 0.494 e. The number of benzene rings is 2. The van der Waals surface area contributed by atoms with Crippen molar-refractivity contribution in [2.75, 3.05) is 12.3 Å². The summed E-state index contributed by atoms with van der Waals surface area (Å²) in [7, 11) is 0. The molecule has 0 saturated carbocycles. The third-order valence-corrected chi connectivity index (χ3v) is 4.06. The highest BCUT2D eigenvalue weighted by atomic mass is 32.2. The summed E-state index contributed by atoms with van der Waals surface area (Å²) in [6, 6.07) is 13.4. The van der Waals surface area contributed by atoms with E-state index in [0.29, 0.717) is 12.2 Å². The minimum absolute atomic E-state index is 0.0632. The van der Waals surface area contributed by atoms with E-state index in [1.54, 1.807) is 18.7 Å². The van der Waals surface area contributed by atoms with Crippen molar-refractivity contribution >= 4 is 23.2 Å². The first-order valence-corrected chi connectivity index (χ1v) is 7.83. The highest BCUT2D eigenvalue weighted by Crippen LogP contribution is 2.30. The van der Waals surface area contributed by atoms with Crippen LogP contribution in [0.5, 0.6) is 5.75 Å². The SMILES string of the molecule is CCOc1ccc(C(C)=O)cc1CSc1cccc(N)c1. The van der Waals surface area contributed by atoms with E-state index in [9.17, 15) is 4.79 Å². The number of thioether (sulfide) groups is 1. The predicted molar refractivity (Wildman–Crippen MR) is 88.0 cm³/mol. The summed E-state index contributed by atoms with van der Waals surface area (Å²) in [5.74, 6) is 1.63. The van der Waals surface area contributed by atoms with Crippen molar-refractivity contribution < 1.29 is 9.53 Å². The Kier molecular flexibility index (Phi) is 5.28. The Labute approximate surface area is 129 Å². The van der Waals surface area contributed by atoms with Crippen LogP contribution in [0.2, 0.25) is 0 Å². The zero-order valence-corrected chi connectivity index (χ0v) is 13.1. The molecule has 2 aromatic rings. The lowest BCUT2D eigenvalue weighted by Crippen LogP contribution is -1.99. The van der Waals surface area contributed by atoms with Gasteiger partial charge in [0.2, 0.25) is 0 Å². The lowest BCUT2D eigenvalue weighted by molar-refractivity contribution is 0.101. The summed E-state index contributed by atoms with van der Waals surface area (Å²) in [5, 5.41) is 0. The van der Waals surface area contributed by atoms with Gasteiger partial charge in [0.05, 0.1) is 6.61 Å². The molecule has 2 N–H and O–H groups in total. The van der Waals surface area contributed by atoms with Crippen molar-refractivity contribution in [2.24, 2.45) is 0 Å². The van der Waals surface area contributed by atoms with Gasteiger partial charge in [0.15, 0.2) is 5.78 Å². The summed E-state index contributed by atoms with van der Waals surface area (Å²) in [6.07, 6.45) is 0. The van der Waals surface area contributed by atoms with Crippen LogP contribution in [0.1, 0.15) is 29.8 Å². The molecule has 21 heavy (non-hydrogen) atoms. The molecule has 0 spiro atoms. The minimum Gasteiger partial charge on any atom is -0.494 e. The number of hydrogen-bond acceptors (Lipinski definition) is 4. The maximum absolute atomic E-state index is 11.5. The molecule has 0 bridgehead atoms. The number of ketones is 1. The molecule has 0 aliphatic rings. The first-order valence-electron chi connectivity index (χ1n) is 6.85. The molecule has 4 heteroatoms. The standard InChI is InChI=1S/C17H19NO2S/c1-3-20-17-8-7-13(12(2)19)9-14(17)11-21-16-6-4-5-15(18)10-16/h4-10H,3,11,18H2,1-2H3. The summed E-state index contributed by atoms with van der Waals surface area (Å²) in [5.41, 5.74) is 8.27. The minimum atomic E-state index is 0.0632. The van der Waals surface area contributed by atoms with Gasteiger partial charge in [-0.15, -0.1) is 11.8 Å². The van der Waals surface area contributed by atoms with Gasteiger partial charge in [0, 0.05) is 27.5 Å². The van der Waals surface area contributed by atoms with Gasteiger partial charge in [-0.25, -0.2) is 0 Å². The number of carbonyl (C=O) groups excluding carboxylic acids is 1. The van der Waals surface area contributed by atoms with Crippen LogP contribution >= 0.6 is 11.8 Å². The Bertz CT molecular complexity index is 640. The average molecular weight is 301 g/mol. The first kappa shape index (κ1) is 15.4. The lowest BCUT2D eigenvalue weighted by Gasteiger charge is -2.11.